The molecule has 1 aliphatic rings. The summed E-state index contributed by atoms with van der Waals surface area (Å²) in [4.78, 5) is 14.3. The lowest BCUT2D eigenvalue weighted by Crippen LogP contribution is -2.39. The first kappa shape index (κ1) is 15.0. The number of rotatable bonds is 3. The first-order chi connectivity index (χ1) is 9.35. The van der Waals surface area contributed by atoms with Crippen LogP contribution in [0.15, 0.2) is 24.3 Å². The normalized spacial score (nSPS) is 19.9. The maximum atomic E-state index is 12.4. The maximum absolute atomic E-state index is 12.4. The molecule has 0 radical (unpaired) electrons. The van der Waals surface area contributed by atoms with Gasteiger partial charge < -0.3 is 4.90 Å². The van der Waals surface area contributed by atoms with Gasteiger partial charge in [-0.1, -0.05) is 19.1 Å². The van der Waals surface area contributed by atoms with Gasteiger partial charge in [0.15, 0.2) is 9.84 Å². The van der Waals surface area contributed by atoms with E-state index in [4.69, 9.17) is 0 Å². The molecular formula is C15H21NO3S. The molecule has 0 aromatic heterocycles. The average Bonchev–Trinajstić information content (AvgIpc) is 2.36. The highest BCUT2D eigenvalue weighted by Crippen LogP contribution is 2.18. The van der Waals surface area contributed by atoms with E-state index in [9.17, 15) is 13.2 Å². The second-order valence-corrected chi connectivity index (χ2v) is 7.91. The van der Waals surface area contributed by atoms with Gasteiger partial charge in [0.25, 0.3) is 5.91 Å². The molecule has 1 saturated heterocycles. The van der Waals surface area contributed by atoms with Gasteiger partial charge in [-0.2, -0.15) is 0 Å². The highest BCUT2D eigenvalue weighted by atomic mass is 32.2. The molecule has 0 N–H and O–H groups in total. The number of carbonyl (C=O) groups excluding carboxylic acids is 1. The molecular weight excluding hydrogens is 274 g/mol. The van der Waals surface area contributed by atoms with Crippen LogP contribution in [0.2, 0.25) is 0 Å². The summed E-state index contributed by atoms with van der Waals surface area (Å²) in [5, 5.41) is 0. The van der Waals surface area contributed by atoms with Gasteiger partial charge in [0.1, 0.15) is 0 Å². The second kappa shape index (κ2) is 5.95. The van der Waals surface area contributed by atoms with Gasteiger partial charge in [0.05, 0.1) is 5.75 Å². The van der Waals surface area contributed by atoms with Crippen molar-refractivity contribution < 1.29 is 13.2 Å². The van der Waals surface area contributed by atoms with Crippen LogP contribution in [0.3, 0.4) is 0 Å². The van der Waals surface area contributed by atoms with Crippen LogP contribution in [0.5, 0.6) is 0 Å². The summed E-state index contributed by atoms with van der Waals surface area (Å²) in [6.45, 7) is 3.73. The molecule has 110 valence electrons. The molecule has 1 fully saturated rings. The lowest BCUT2D eigenvalue weighted by molar-refractivity contribution is 0.0683. The number of likely N-dealkylation sites (tertiary alicyclic amines) is 1. The van der Waals surface area contributed by atoms with Gasteiger partial charge in [-0.05, 0) is 36.5 Å². The fourth-order valence-corrected chi connectivity index (χ4v) is 3.44. The molecule has 1 aromatic rings. The minimum Gasteiger partial charge on any atom is -0.338 e. The highest BCUT2D eigenvalue weighted by molar-refractivity contribution is 7.89. The Bertz CT molecular complexity index is 595. The van der Waals surface area contributed by atoms with Gasteiger partial charge in [0, 0.05) is 24.9 Å². The Morgan fingerprint density at radius 3 is 2.80 bits per heavy atom. The molecule has 0 unspecified atom stereocenters. The maximum Gasteiger partial charge on any atom is 0.253 e. The highest BCUT2D eigenvalue weighted by Gasteiger charge is 2.22. The van der Waals surface area contributed by atoms with Crippen LogP contribution in [0.1, 0.15) is 35.7 Å². The molecule has 2 rings (SSSR count). The number of amides is 1. The van der Waals surface area contributed by atoms with Crippen molar-refractivity contribution in [3.63, 3.8) is 0 Å². The van der Waals surface area contributed by atoms with E-state index in [0.29, 0.717) is 17.0 Å². The van der Waals surface area contributed by atoms with Crippen molar-refractivity contribution in [2.75, 3.05) is 19.3 Å². The van der Waals surface area contributed by atoms with E-state index < -0.39 is 9.84 Å². The number of piperidine rings is 1. The van der Waals surface area contributed by atoms with Crippen LogP contribution in [-0.2, 0) is 15.6 Å². The molecule has 20 heavy (non-hydrogen) atoms. The molecule has 4 nitrogen and oxygen atoms in total. The average molecular weight is 295 g/mol. The summed E-state index contributed by atoms with van der Waals surface area (Å²) in [6.07, 6.45) is 3.40. The second-order valence-electron chi connectivity index (χ2n) is 5.77. The molecule has 1 aliphatic heterocycles. The third-order valence-corrected chi connectivity index (χ3v) is 4.40. The van der Waals surface area contributed by atoms with Gasteiger partial charge in [-0.15, -0.1) is 0 Å². The lowest BCUT2D eigenvalue weighted by atomic mass is 9.99. The smallest absolute Gasteiger partial charge is 0.253 e. The van der Waals surface area contributed by atoms with Crippen LogP contribution in [0.4, 0.5) is 0 Å². The Balaban J connectivity index is 2.16. The molecule has 0 spiro atoms. The van der Waals surface area contributed by atoms with Crippen LogP contribution in [0.25, 0.3) is 0 Å². The summed E-state index contributed by atoms with van der Waals surface area (Å²) >= 11 is 0. The summed E-state index contributed by atoms with van der Waals surface area (Å²) in [6, 6.07) is 6.95. The van der Waals surface area contributed by atoms with Crippen molar-refractivity contribution in [2.45, 2.75) is 25.5 Å². The van der Waals surface area contributed by atoms with Crippen LogP contribution < -0.4 is 0 Å². The zero-order valence-electron chi connectivity index (χ0n) is 12.0. The van der Waals surface area contributed by atoms with E-state index in [1.807, 2.05) is 4.90 Å². The predicted molar refractivity (Wildman–Crippen MR) is 79.3 cm³/mol. The number of benzene rings is 1. The molecule has 0 bridgehead atoms. The zero-order chi connectivity index (χ0) is 14.8. The van der Waals surface area contributed by atoms with Crippen LogP contribution in [0, 0.1) is 5.92 Å². The minimum atomic E-state index is -3.08. The van der Waals surface area contributed by atoms with Crippen molar-refractivity contribution >= 4 is 15.7 Å². The summed E-state index contributed by atoms with van der Waals surface area (Å²) in [5.41, 5.74) is 1.25. The van der Waals surface area contributed by atoms with E-state index >= 15 is 0 Å². The van der Waals surface area contributed by atoms with Crippen molar-refractivity contribution in [2.24, 2.45) is 5.92 Å². The quantitative estimate of drug-likeness (QED) is 0.858. The first-order valence-corrected chi connectivity index (χ1v) is 8.97. The topological polar surface area (TPSA) is 54.5 Å². The summed E-state index contributed by atoms with van der Waals surface area (Å²) in [7, 11) is -3.08. The minimum absolute atomic E-state index is 0.00639. The van der Waals surface area contributed by atoms with E-state index in [2.05, 4.69) is 6.92 Å². The van der Waals surface area contributed by atoms with Crippen LogP contribution in [-0.4, -0.2) is 38.6 Å². The van der Waals surface area contributed by atoms with E-state index in [1.54, 1.807) is 24.3 Å². The van der Waals surface area contributed by atoms with E-state index in [0.717, 1.165) is 25.9 Å². The van der Waals surface area contributed by atoms with Gasteiger partial charge in [-0.25, -0.2) is 8.42 Å². The SMILES string of the molecule is C[C@@H]1CCCN(C(=O)c2cccc(CS(C)(=O)=O)c2)C1. The molecule has 1 amide bonds. The standard InChI is InChI=1S/C15H21NO3S/c1-12-5-4-8-16(10-12)15(17)14-7-3-6-13(9-14)11-20(2,18)19/h3,6-7,9,12H,4-5,8,10-11H2,1-2H3/t12-/m1/s1. The summed E-state index contributed by atoms with van der Waals surface area (Å²) in [5.74, 6) is 0.517. The lowest BCUT2D eigenvalue weighted by Gasteiger charge is -2.31. The van der Waals surface area contributed by atoms with Crippen molar-refractivity contribution in [3.8, 4) is 0 Å². The van der Waals surface area contributed by atoms with E-state index in [1.165, 1.54) is 6.26 Å². The molecule has 1 atom stereocenters. The fraction of sp³-hybridized carbons (Fsp3) is 0.533. The predicted octanol–water partition coefficient (Wildman–Crippen LogP) is 2.10. The van der Waals surface area contributed by atoms with Crippen molar-refractivity contribution in [1.29, 1.82) is 0 Å². The van der Waals surface area contributed by atoms with Gasteiger partial charge in [0.2, 0.25) is 0 Å². The number of hydrogen-bond donors (Lipinski definition) is 0. The number of sulfone groups is 1. The molecule has 1 heterocycles. The zero-order valence-corrected chi connectivity index (χ0v) is 12.8. The Morgan fingerprint density at radius 2 is 2.15 bits per heavy atom. The number of hydrogen-bond acceptors (Lipinski definition) is 3. The Hall–Kier alpha value is -1.36. The third kappa shape index (κ3) is 4.07. The van der Waals surface area contributed by atoms with E-state index in [-0.39, 0.29) is 11.7 Å². The third-order valence-electron chi connectivity index (χ3n) is 3.55. The molecule has 1 aromatic carbocycles. The molecule has 0 aliphatic carbocycles. The number of nitrogens with zero attached hydrogens (tertiary/aromatic N) is 1. The Kier molecular flexibility index (Phi) is 4.48. The Labute approximate surface area is 120 Å². The van der Waals surface area contributed by atoms with Crippen LogP contribution >= 0.6 is 0 Å². The Morgan fingerprint density at radius 1 is 1.40 bits per heavy atom. The largest absolute Gasteiger partial charge is 0.338 e. The first-order valence-electron chi connectivity index (χ1n) is 6.91. The summed E-state index contributed by atoms with van der Waals surface area (Å²) < 4.78 is 22.7. The molecule has 5 heteroatoms. The van der Waals surface area contributed by atoms with Crippen molar-refractivity contribution in [1.82, 2.24) is 4.90 Å². The molecule has 0 saturated carbocycles. The number of carbonyl (C=O) groups is 1. The van der Waals surface area contributed by atoms with Gasteiger partial charge >= 0.3 is 0 Å². The van der Waals surface area contributed by atoms with Gasteiger partial charge in [-0.3, -0.25) is 4.79 Å². The monoisotopic (exact) mass is 295 g/mol. The fourth-order valence-electron chi connectivity index (χ4n) is 2.65. The van der Waals surface area contributed by atoms with Crippen molar-refractivity contribution in [3.05, 3.63) is 35.4 Å².